The molecule has 4 heterocycles. The molecule has 0 aromatic carbocycles. The van der Waals surface area contributed by atoms with Crippen molar-refractivity contribution in [2.75, 3.05) is 6.54 Å². The predicted molar refractivity (Wildman–Crippen MR) is 84.0 cm³/mol. The molecule has 0 radical (unpaired) electrons. The molecule has 2 aliphatic rings. The van der Waals surface area contributed by atoms with Gasteiger partial charge in [0.05, 0.1) is 35.6 Å². The molecule has 0 aliphatic carbocycles. The molecule has 0 bridgehead atoms. The minimum absolute atomic E-state index is 0.0557. The zero-order chi connectivity index (χ0) is 16.0. The fourth-order valence-electron chi connectivity index (χ4n) is 3.58. The number of hydrogen-bond acceptors (Lipinski definition) is 5. The van der Waals surface area contributed by atoms with Crippen LogP contribution < -0.4 is 0 Å². The predicted octanol–water partition coefficient (Wildman–Crippen LogP) is 2.06. The lowest BCUT2D eigenvalue weighted by molar-refractivity contribution is -0.129. The van der Waals surface area contributed by atoms with Crippen LogP contribution in [0.3, 0.4) is 0 Å². The third-order valence-corrected chi connectivity index (χ3v) is 5.43. The van der Waals surface area contributed by atoms with Gasteiger partial charge in [0.1, 0.15) is 0 Å². The van der Waals surface area contributed by atoms with E-state index >= 15 is 0 Å². The second kappa shape index (κ2) is 5.49. The highest BCUT2D eigenvalue weighted by Crippen LogP contribution is 2.34. The van der Waals surface area contributed by atoms with E-state index < -0.39 is 0 Å². The molecule has 2 amide bonds. The van der Waals surface area contributed by atoms with Crippen LogP contribution in [0.1, 0.15) is 34.1 Å². The van der Waals surface area contributed by atoms with E-state index in [2.05, 4.69) is 4.98 Å². The summed E-state index contributed by atoms with van der Waals surface area (Å²) in [4.78, 5) is 33.0. The van der Waals surface area contributed by atoms with Crippen LogP contribution in [0.5, 0.6) is 0 Å². The topological polar surface area (TPSA) is 66.7 Å². The molecule has 120 valence electrons. The number of carbonyl (C=O) groups is 2. The Labute approximate surface area is 137 Å². The van der Waals surface area contributed by atoms with Crippen molar-refractivity contribution < 1.29 is 14.0 Å². The maximum atomic E-state index is 12.5. The van der Waals surface area contributed by atoms with Crippen LogP contribution in [0.15, 0.2) is 28.2 Å². The number of fused-ring (bicyclic) bond motifs is 1. The van der Waals surface area contributed by atoms with Gasteiger partial charge in [-0.05, 0) is 25.5 Å². The Morgan fingerprint density at radius 1 is 1.48 bits per heavy atom. The van der Waals surface area contributed by atoms with Crippen molar-refractivity contribution in [2.45, 2.75) is 38.4 Å². The van der Waals surface area contributed by atoms with Gasteiger partial charge in [-0.2, -0.15) is 0 Å². The maximum absolute atomic E-state index is 12.5. The van der Waals surface area contributed by atoms with Crippen molar-refractivity contribution in [3.8, 4) is 0 Å². The normalized spacial score (nSPS) is 23.6. The fraction of sp³-hybridized carbons (Fsp3) is 0.438. The van der Waals surface area contributed by atoms with Crippen molar-refractivity contribution >= 4 is 23.2 Å². The number of aryl methyl sites for hydroxylation is 1. The third-order valence-electron chi connectivity index (χ3n) is 4.61. The van der Waals surface area contributed by atoms with Crippen molar-refractivity contribution in [3.05, 3.63) is 40.2 Å². The van der Waals surface area contributed by atoms with Crippen LogP contribution in [0.2, 0.25) is 0 Å². The Hall–Kier alpha value is -2.15. The highest BCUT2D eigenvalue weighted by atomic mass is 32.1. The average molecular weight is 331 g/mol. The molecule has 0 spiro atoms. The zero-order valence-corrected chi connectivity index (χ0v) is 13.6. The summed E-state index contributed by atoms with van der Waals surface area (Å²) >= 11 is 1.59. The number of hydrogen-bond donors (Lipinski definition) is 0. The number of rotatable bonds is 3. The highest BCUT2D eigenvalue weighted by molar-refractivity contribution is 7.09. The van der Waals surface area contributed by atoms with Crippen molar-refractivity contribution in [1.29, 1.82) is 0 Å². The molecule has 4 rings (SSSR count). The summed E-state index contributed by atoms with van der Waals surface area (Å²) in [6.45, 7) is 3.16. The van der Waals surface area contributed by atoms with Gasteiger partial charge in [-0.25, -0.2) is 4.98 Å². The molecule has 23 heavy (non-hydrogen) atoms. The zero-order valence-electron chi connectivity index (χ0n) is 12.8. The SMILES string of the molecule is Cc1nc(CN2C(=O)C[C@H]3[C@H]2CCN3C(=O)c2ccco2)cs1. The first-order valence-electron chi connectivity index (χ1n) is 7.68. The van der Waals surface area contributed by atoms with E-state index in [-0.39, 0.29) is 23.9 Å². The van der Waals surface area contributed by atoms with Crippen molar-refractivity contribution in [1.82, 2.24) is 14.8 Å². The Balaban J connectivity index is 1.52. The van der Waals surface area contributed by atoms with Crippen LogP contribution in [0.4, 0.5) is 0 Å². The number of nitrogens with zero attached hydrogens (tertiary/aromatic N) is 3. The van der Waals surface area contributed by atoms with Gasteiger partial charge in [-0.1, -0.05) is 0 Å². The molecular weight excluding hydrogens is 314 g/mol. The van der Waals surface area contributed by atoms with Crippen molar-refractivity contribution in [3.63, 3.8) is 0 Å². The van der Waals surface area contributed by atoms with E-state index in [0.717, 1.165) is 17.1 Å². The summed E-state index contributed by atoms with van der Waals surface area (Å²) in [7, 11) is 0. The van der Waals surface area contributed by atoms with Crippen LogP contribution in [0.25, 0.3) is 0 Å². The monoisotopic (exact) mass is 331 g/mol. The van der Waals surface area contributed by atoms with Gasteiger partial charge < -0.3 is 14.2 Å². The van der Waals surface area contributed by atoms with Gasteiger partial charge in [0, 0.05) is 18.3 Å². The number of amides is 2. The van der Waals surface area contributed by atoms with Crippen LogP contribution in [-0.4, -0.2) is 45.2 Å². The van der Waals surface area contributed by atoms with Crippen LogP contribution in [-0.2, 0) is 11.3 Å². The summed E-state index contributed by atoms with van der Waals surface area (Å²) in [6, 6.07) is 3.41. The summed E-state index contributed by atoms with van der Waals surface area (Å²) < 4.78 is 5.21. The smallest absolute Gasteiger partial charge is 0.289 e. The number of carbonyl (C=O) groups excluding carboxylic acids is 2. The molecule has 2 atom stereocenters. The molecule has 6 nitrogen and oxygen atoms in total. The minimum atomic E-state index is -0.123. The third kappa shape index (κ3) is 2.45. The molecule has 2 aliphatic heterocycles. The van der Waals surface area contributed by atoms with Gasteiger partial charge in [-0.15, -0.1) is 11.3 Å². The second-order valence-corrected chi connectivity index (χ2v) is 7.05. The fourth-order valence-corrected chi connectivity index (χ4v) is 4.19. The first-order valence-corrected chi connectivity index (χ1v) is 8.56. The molecule has 0 saturated carbocycles. The summed E-state index contributed by atoms with van der Waals surface area (Å²) in [6.07, 6.45) is 2.70. The first-order chi connectivity index (χ1) is 11.1. The van der Waals surface area contributed by atoms with E-state index in [9.17, 15) is 9.59 Å². The standard InChI is InChI=1S/C16H17N3O3S/c1-10-17-11(9-23-10)8-19-12-4-5-18(13(12)7-15(19)20)16(21)14-3-2-6-22-14/h2-3,6,9,12-13H,4-5,7-8H2,1H3/t12-,13+/m1/s1. The molecule has 0 unspecified atom stereocenters. The molecular formula is C16H17N3O3S. The summed E-state index contributed by atoms with van der Waals surface area (Å²) in [5.74, 6) is 0.316. The van der Waals surface area contributed by atoms with Gasteiger partial charge in [-0.3, -0.25) is 9.59 Å². The Bertz CT molecular complexity index is 740. The molecule has 2 fully saturated rings. The molecule has 2 aromatic rings. The number of furan rings is 1. The number of aromatic nitrogens is 1. The minimum Gasteiger partial charge on any atom is -0.459 e. The number of likely N-dealkylation sites (tertiary alicyclic amines) is 2. The van der Waals surface area contributed by atoms with E-state index in [4.69, 9.17) is 4.42 Å². The maximum Gasteiger partial charge on any atom is 0.289 e. The number of thiazole rings is 1. The first kappa shape index (κ1) is 14.4. The molecule has 2 saturated heterocycles. The van der Waals surface area contributed by atoms with Gasteiger partial charge >= 0.3 is 0 Å². The second-order valence-electron chi connectivity index (χ2n) is 5.98. The Morgan fingerprint density at radius 2 is 2.35 bits per heavy atom. The lowest BCUT2D eigenvalue weighted by atomic mass is 10.1. The van der Waals surface area contributed by atoms with Gasteiger partial charge in [0.25, 0.3) is 5.91 Å². The quantitative estimate of drug-likeness (QED) is 0.863. The van der Waals surface area contributed by atoms with Crippen LogP contribution >= 0.6 is 11.3 Å². The lowest BCUT2D eigenvalue weighted by Crippen LogP contribution is -2.39. The van der Waals surface area contributed by atoms with Gasteiger partial charge in [0.15, 0.2) is 5.76 Å². The molecule has 0 N–H and O–H groups in total. The van der Waals surface area contributed by atoms with E-state index in [1.54, 1.807) is 28.4 Å². The Kier molecular flexibility index (Phi) is 3.45. The largest absolute Gasteiger partial charge is 0.459 e. The van der Waals surface area contributed by atoms with E-state index in [1.807, 2.05) is 17.2 Å². The van der Waals surface area contributed by atoms with Gasteiger partial charge in [0.2, 0.25) is 5.91 Å². The highest BCUT2D eigenvalue weighted by Gasteiger charge is 2.48. The average Bonchev–Trinajstić information content (AvgIpc) is 3.27. The lowest BCUT2D eigenvalue weighted by Gasteiger charge is -2.24. The van der Waals surface area contributed by atoms with Crippen molar-refractivity contribution in [2.24, 2.45) is 0 Å². The van der Waals surface area contributed by atoms with E-state index in [1.165, 1.54) is 6.26 Å². The summed E-state index contributed by atoms with van der Waals surface area (Å²) in [5, 5.41) is 3.00. The van der Waals surface area contributed by atoms with Crippen LogP contribution in [0, 0.1) is 6.92 Å². The molecule has 7 heteroatoms. The Morgan fingerprint density at radius 3 is 3.04 bits per heavy atom. The molecule has 2 aromatic heterocycles. The summed E-state index contributed by atoms with van der Waals surface area (Å²) in [5.41, 5.74) is 0.928. The van der Waals surface area contributed by atoms with E-state index in [0.29, 0.717) is 25.3 Å².